The quantitative estimate of drug-likeness (QED) is 0.816. The molecule has 1 rings (SSSR count). The van der Waals surface area contributed by atoms with Crippen LogP contribution in [0.4, 0.5) is 8.78 Å². The maximum atomic E-state index is 13.6. The standard InChI is InChI=1S/C15H21F2NS/c1-10(2)13-8-11(9-14(16)15(13)17)7-12(19-4)5-6-18-3/h8-9,12,18H,1,5-7H2,2-4H3. The third kappa shape index (κ3) is 4.62. The summed E-state index contributed by atoms with van der Waals surface area (Å²) in [4.78, 5) is 0. The summed E-state index contributed by atoms with van der Waals surface area (Å²) >= 11 is 1.75. The Morgan fingerprint density at radius 2 is 2.11 bits per heavy atom. The van der Waals surface area contributed by atoms with Gasteiger partial charge in [-0.05, 0) is 62.9 Å². The molecule has 0 aliphatic heterocycles. The van der Waals surface area contributed by atoms with Gasteiger partial charge >= 0.3 is 0 Å². The number of halogens is 2. The van der Waals surface area contributed by atoms with E-state index in [4.69, 9.17) is 0 Å². The maximum Gasteiger partial charge on any atom is 0.166 e. The van der Waals surface area contributed by atoms with Crippen molar-refractivity contribution in [3.05, 3.63) is 41.5 Å². The molecular weight excluding hydrogens is 264 g/mol. The summed E-state index contributed by atoms with van der Waals surface area (Å²) in [6.07, 6.45) is 3.78. The van der Waals surface area contributed by atoms with Crippen LogP contribution < -0.4 is 5.32 Å². The third-order valence-corrected chi connectivity index (χ3v) is 4.13. The highest BCUT2D eigenvalue weighted by Gasteiger charge is 2.14. The molecule has 19 heavy (non-hydrogen) atoms. The molecule has 1 nitrogen and oxygen atoms in total. The number of nitrogens with one attached hydrogen (secondary N) is 1. The molecule has 0 spiro atoms. The Hall–Kier alpha value is -0.870. The molecule has 1 unspecified atom stereocenters. The molecule has 0 aliphatic carbocycles. The van der Waals surface area contributed by atoms with Crippen molar-refractivity contribution in [2.75, 3.05) is 19.8 Å². The molecular formula is C15H21F2NS. The van der Waals surface area contributed by atoms with Gasteiger partial charge in [-0.1, -0.05) is 6.58 Å². The predicted molar refractivity (Wildman–Crippen MR) is 80.6 cm³/mol. The molecule has 1 atom stereocenters. The van der Waals surface area contributed by atoms with Crippen molar-refractivity contribution in [1.29, 1.82) is 0 Å². The fourth-order valence-corrected chi connectivity index (χ4v) is 2.66. The Balaban J connectivity index is 2.91. The van der Waals surface area contributed by atoms with Crippen LogP contribution in [0.1, 0.15) is 24.5 Å². The van der Waals surface area contributed by atoms with Crippen molar-refractivity contribution in [3.63, 3.8) is 0 Å². The van der Waals surface area contributed by atoms with Crippen molar-refractivity contribution in [3.8, 4) is 0 Å². The summed E-state index contributed by atoms with van der Waals surface area (Å²) in [6, 6.07) is 3.01. The van der Waals surface area contributed by atoms with E-state index in [1.165, 1.54) is 6.07 Å². The summed E-state index contributed by atoms with van der Waals surface area (Å²) in [5, 5.41) is 3.51. The minimum atomic E-state index is -0.799. The molecule has 0 amide bonds. The minimum Gasteiger partial charge on any atom is -0.320 e. The molecule has 0 fully saturated rings. The lowest BCUT2D eigenvalue weighted by atomic mass is 10.0. The van der Waals surface area contributed by atoms with Crippen LogP contribution >= 0.6 is 11.8 Å². The van der Waals surface area contributed by atoms with Gasteiger partial charge in [0.2, 0.25) is 0 Å². The van der Waals surface area contributed by atoms with Gasteiger partial charge in [-0.15, -0.1) is 0 Å². The van der Waals surface area contributed by atoms with Gasteiger partial charge in [0.1, 0.15) is 0 Å². The van der Waals surface area contributed by atoms with E-state index in [1.54, 1.807) is 24.8 Å². The van der Waals surface area contributed by atoms with E-state index in [2.05, 4.69) is 11.9 Å². The van der Waals surface area contributed by atoms with Crippen LogP contribution in [0.5, 0.6) is 0 Å². The molecule has 4 heteroatoms. The Morgan fingerprint density at radius 3 is 2.63 bits per heavy atom. The Bertz CT molecular complexity index is 446. The fraction of sp³-hybridized carbons (Fsp3) is 0.467. The van der Waals surface area contributed by atoms with Gasteiger partial charge in [-0.2, -0.15) is 11.8 Å². The van der Waals surface area contributed by atoms with Gasteiger partial charge in [0.15, 0.2) is 11.6 Å². The topological polar surface area (TPSA) is 12.0 Å². The second-order valence-corrected chi connectivity index (χ2v) is 5.81. The first kappa shape index (κ1) is 16.2. The summed E-state index contributed by atoms with van der Waals surface area (Å²) in [5.74, 6) is -1.59. The van der Waals surface area contributed by atoms with Crippen LogP contribution in [0, 0.1) is 11.6 Å². The second kappa shape index (κ2) is 7.65. The fourth-order valence-electron chi connectivity index (χ4n) is 1.95. The second-order valence-electron chi connectivity index (χ2n) is 4.67. The highest BCUT2D eigenvalue weighted by molar-refractivity contribution is 7.99. The summed E-state index contributed by atoms with van der Waals surface area (Å²) in [7, 11) is 1.91. The molecule has 1 aromatic carbocycles. The molecule has 0 heterocycles. The van der Waals surface area contributed by atoms with E-state index in [1.807, 2.05) is 13.3 Å². The first-order valence-electron chi connectivity index (χ1n) is 6.30. The lowest BCUT2D eigenvalue weighted by molar-refractivity contribution is 0.504. The third-order valence-electron chi connectivity index (χ3n) is 3.06. The molecule has 1 N–H and O–H groups in total. The first-order valence-corrected chi connectivity index (χ1v) is 7.59. The zero-order chi connectivity index (χ0) is 14.4. The van der Waals surface area contributed by atoms with Gasteiger partial charge in [0, 0.05) is 10.8 Å². The SMILES string of the molecule is C=C(C)c1cc(CC(CCNC)SC)cc(F)c1F. The molecule has 0 radical (unpaired) electrons. The number of benzene rings is 1. The predicted octanol–water partition coefficient (Wildman–Crippen LogP) is 3.88. The van der Waals surface area contributed by atoms with Crippen molar-refractivity contribution in [2.45, 2.75) is 25.0 Å². The normalized spacial score (nSPS) is 12.5. The molecule has 0 aliphatic rings. The van der Waals surface area contributed by atoms with Crippen LogP contribution in [-0.4, -0.2) is 25.1 Å². The van der Waals surface area contributed by atoms with Gasteiger partial charge in [0.05, 0.1) is 0 Å². The van der Waals surface area contributed by atoms with Crippen LogP contribution in [-0.2, 0) is 6.42 Å². The monoisotopic (exact) mass is 285 g/mol. The van der Waals surface area contributed by atoms with Gasteiger partial charge in [-0.25, -0.2) is 8.78 Å². The molecule has 0 saturated carbocycles. The van der Waals surface area contributed by atoms with E-state index < -0.39 is 11.6 Å². The summed E-state index contributed by atoms with van der Waals surface area (Å²) in [5.41, 5.74) is 1.66. The van der Waals surface area contributed by atoms with Crippen LogP contribution in [0.2, 0.25) is 0 Å². The van der Waals surface area contributed by atoms with Crippen LogP contribution in [0.15, 0.2) is 18.7 Å². The van der Waals surface area contributed by atoms with Crippen LogP contribution in [0.3, 0.4) is 0 Å². The van der Waals surface area contributed by atoms with Gasteiger partial charge < -0.3 is 5.32 Å². The number of allylic oxidation sites excluding steroid dienone is 1. The molecule has 0 aromatic heterocycles. The Morgan fingerprint density at radius 1 is 1.42 bits per heavy atom. The van der Waals surface area contributed by atoms with E-state index >= 15 is 0 Å². The lowest BCUT2D eigenvalue weighted by Crippen LogP contribution is -2.16. The van der Waals surface area contributed by atoms with Crippen LogP contribution in [0.25, 0.3) is 5.57 Å². The average Bonchev–Trinajstić information content (AvgIpc) is 2.37. The van der Waals surface area contributed by atoms with Gasteiger partial charge in [-0.3, -0.25) is 0 Å². The zero-order valence-electron chi connectivity index (χ0n) is 11.7. The number of thioether (sulfide) groups is 1. The van der Waals surface area contributed by atoms with Crippen molar-refractivity contribution < 1.29 is 8.78 Å². The zero-order valence-corrected chi connectivity index (χ0v) is 12.5. The smallest absolute Gasteiger partial charge is 0.166 e. The maximum absolute atomic E-state index is 13.6. The van der Waals surface area contributed by atoms with Crippen molar-refractivity contribution in [1.82, 2.24) is 5.32 Å². The Labute approximate surface area is 118 Å². The summed E-state index contributed by atoms with van der Waals surface area (Å²) < 4.78 is 27.2. The number of rotatable bonds is 7. The largest absolute Gasteiger partial charge is 0.320 e. The Kier molecular flexibility index (Phi) is 6.52. The number of hydrogen-bond donors (Lipinski definition) is 1. The molecule has 1 aromatic rings. The molecule has 0 saturated heterocycles. The van der Waals surface area contributed by atoms with Crippen molar-refractivity contribution >= 4 is 17.3 Å². The average molecular weight is 285 g/mol. The van der Waals surface area contributed by atoms with E-state index in [-0.39, 0.29) is 5.56 Å². The van der Waals surface area contributed by atoms with Crippen molar-refractivity contribution in [2.24, 2.45) is 0 Å². The minimum absolute atomic E-state index is 0.281. The molecule has 0 bridgehead atoms. The summed E-state index contributed by atoms with van der Waals surface area (Å²) in [6.45, 7) is 6.30. The highest BCUT2D eigenvalue weighted by atomic mass is 32.2. The number of hydrogen-bond acceptors (Lipinski definition) is 2. The highest BCUT2D eigenvalue weighted by Crippen LogP contribution is 2.24. The lowest BCUT2D eigenvalue weighted by Gasteiger charge is -2.15. The van der Waals surface area contributed by atoms with E-state index in [9.17, 15) is 8.78 Å². The molecule has 106 valence electrons. The van der Waals surface area contributed by atoms with E-state index in [0.29, 0.717) is 10.8 Å². The van der Waals surface area contributed by atoms with E-state index in [0.717, 1.165) is 24.9 Å². The first-order chi connectivity index (χ1) is 8.99. The van der Waals surface area contributed by atoms with Gasteiger partial charge in [0.25, 0.3) is 0 Å².